The van der Waals surface area contributed by atoms with Crippen molar-refractivity contribution in [3.05, 3.63) is 59.9 Å². The predicted octanol–water partition coefficient (Wildman–Crippen LogP) is 3.93. The fourth-order valence-corrected chi connectivity index (χ4v) is 1.88. The number of para-hydroxylation sites is 1. The fraction of sp³-hybridized carbons (Fsp3) is 0.235. The van der Waals surface area contributed by atoms with Gasteiger partial charge in [-0.05, 0) is 37.6 Å². The summed E-state index contributed by atoms with van der Waals surface area (Å²) in [5.74, 6) is -0.199. The molecule has 2 aromatic rings. The molecule has 0 saturated heterocycles. The van der Waals surface area contributed by atoms with E-state index in [1.54, 1.807) is 12.1 Å². The van der Waals surface area contributed by atoms with Crippen LogP contribution < -0.4 is 10.1 Å². The van der Waals surface area contributed by atoms with Crippen molar-refractivity contribution in [1.29, 1.82) is 0 Å². The van der Waals surface area contributed by atoms with E-state index in [4.69, 9.17) is 4.74 Å². The van der Waals surface area contributed by atoms with E-state index in [2.05, 4.69) is 5.32 Å². The highest BCUT2D eigenvalue weighted by Gasteiger charge is 2.19. The molecule has 2 rings (SSSR count). The Kier molecular flexibility index (Phi) is 4.93. The van der Waals surface area contributed by atoms with Crippen molar-refractivity contribution in [2.24, 2.45) is 0 Å². The minimum Gasteiger partial charge on any atom is -0.481 e. The van der Waals surface area contributed by atoms with Crippen LogP contribution in [0.25, 0.3) is 0 Å². The minimum atomic E-state index is -0.660. The van der Waals surface area contributed by atoms with Gasteiger partial charge >= 0.3 is 0 Å². The average Bonchev–Trinajstić information content (AvgIpc) is 2.49. The number of ether oxygens (including phenoxy) is 1. The van der Waals surface area contributed by atoms with Crippen LogP contribution in [0, 0.1) is 12.7 Å². The highest BCUT2D eigenvalue weighted by atomic mass is 19.1. The number of hydrogen-bond donors (Lipinski definition) is 1. The number of hydrogen-bond acceptors (Lipinski definition) is 2. The SMILES string of the molecule is CC[C@H](Oc1ccc(C)cc1)C(=O)Nc1ccccc1F. The van der Waals surface area contributed by atoms with Gasteiger partial charge < -0.3 is 10.1 Å². The number of anilines is 1. The Hall–Kier alpha value is -2.36. The Morgan fingerprint density at radius 3 is 2.48 bits per heavy atom. The molecule has 2 aromatic carbocycles. The Labute approximate surface area is 123 Å². The van der Waals surface area contributed by atoms with Crippen LogP contribution in [0.2, 0.25) is 0 Å². The minimum absolute atomic E-state index is 0.161. The molecule has 0 heterocycles. The van der Waals surface area contributed by atoms with Gasteiger partial charge in [-0.25, -0.2) is 4.39 Å². The van der Waals surface area contributed by atoms with E-state index < -0.39 is 11.9 Å². The zero-order valence-electron chi connectivity index (χ0n) is 12.1. The Bertz CT molecular complexity index is 610. The summed E-state index contributed by atoms with van der Waals surface area (Å²) in [7, 11) is 0. The van der Waals surface area contributed by atoms with Gasteiger partial charge in [0, 0.05) is 0 Å². The van der Waals surface area contributed by atoms with Crippen molar-refractivity contribution in [3.63, 3.8) is 0 Å². The maximum Gasteiger partial charge on any atom is 0.265 e. The zero-order chi connectivity index (χ0) is 15.2. The van der Waals surface area contributed by atoms with Crippen LogP contribution in [0.1, 0.15) is 18.9 Å². The third kappa shape index (κ3) is 4.05. The van der Waals surface area contributed by atoms with Crippen molar-refractivity contribution in [2.45, 2.75) is 26.4 Å². The van der Waals surface area contributed by atoms with Crippen molar-refractivity contribution < 1.29 is 13.9 Å². The number of carbonyl (C=O) groups excluding carboxylic acids is 1. The van der Waals surface area contributed by atoms with Gasteiger partial charge in [-0.15, -0.1) is 0 Å². The van der Waals surface area contributed by atoms with Gasteiger partial charge in [0.1, 0.15) is 11.6 Å². The largest absolute Gasteiger partial charge is 0.481 e. The molecule has 0 aromatic heterocycles. The molecule has 0 fully saturated rings. The Morgan fingerprint density at radius 2 is 1.86 bits per heavy atom. The summed E-state index contributed by atoms with van der Waals surface area (Å²) in [6, 6.07) is 13.5. The lowest BCUT2D eigenvalue weighted by molar-refractivity contribution is -0.122. The molecule has 1 atom stereocenters. The van der Waals surface area contributed by atoms with E-state index in [0.717, 1.165) is 5.56 Å². The maximum atomic E-state index is 13.5. The molecule has 0 unspecified atom stereocenters. The molecule has 0 bridgehead atoms. The van der Waals surface area contributed by atoms with E-state index in [-0.39, 0.29) is 11.6 Å². The topological polar surface area (TPSA) is 38.3 Å². The Morgan fingerprint density at radius 1 is 1.19 bits per heavy atom. The smallest absolute Gasteiger partial charge is 0.265 e. The second-order valence-electron chi connectivity index (χ2n) is 4.80. The second kappa shape index (κ2) is 6.88. The molecule has 0 aliphatic carbocycles. The molecule has 110 valence electrons. The van der Waals surface area contributed by atoms with Gasteiger partial charge in [-0.1, -0.05) is 36.8 Å². The summed E-state index contributed by atoms with van der Waals surface area (Å²) >= 11 is 0. The summed E-state index contributed by atoms with van der Waals surface area (Å²) < 4.78 is 19.2. The molecule has 0 radical (unpaired) electrons. The summed E-state index contributed by atoms with van der Waals surface area (Å²) in [5, 5.41) is 2.55. The van der Waals surface area contributed by atoms with Crippen LogP contribution in [-0.4, -0.2) is 12.0 Å². The van der Waals surface area contributed by atoms with Crippen LogP contribution in [-0.2, 0) is 4.79 Å². The third-order valence-electron chi connectivity index (χ3n) is 3.09. The summed E-state index contributed by atoms with van der Waals surface area (Å²) in [4.78, 5) is 12.2. The van der Waals surface area contributed by atoms with Crippen LogP contribution in [0.4, 0.5) is 10.1 Å². The summed E-state index contributed by atoms with van der Waals surface area (Å²) in [6.07, 6.45) is -0.166. The van der Waals surface area contributed by atoms with Gasteiger partial charge in [-0.3, -0.25) is 4.79 Å². The number of rotatable bonds is 5. The standard InChI is InChI=1S/C17H18FNO2/c1-3-16(21-13-10-8-12(2)9-11-13)17(20)19-15-7-5-4-6-14(15)18/h4-11,16H,3H2,1-2H3,(H,19,20)/t16-/m0/s1. The predicted molar refractivity (Wildman–Crippen MR) is 80.9 cm³/mol. The number of halogens is 1. The third-order valence-corrected chi connectivity index (χ3v) is 3.09. The van der Waals surface area contributed by atoms with E-state index in [1.165, 1.54) is 12.1 Å². The van der Waals surface area contributed by atoms with Crippen molar-refractivity contribution in [2.75, 3.05) is 5.32 Å². The number of benzene rings is 2. The first kappa shape index (κ1) is 15.0. The Balaban J connectivity index is 2.05. The first-order chi connectivity index (χ1) is 10.1. The molecule has 0 spiro atoms. The van der Waals surface area contributed by atoms with E-state index in [1.807, 2.05) is 38.1 Å². The normalized spacial score (nSPS) is 11.8. The number of amides is 1. The highest BCUT2D eigenvalue weighted by Crippen LogP contribution is 2.17. The van der Waals surface area contributed by atoms with Crippen LogP contribution in [0.5, 0.6) is 5.75 Å². The van der Waals surface area contributed by atoms with Crippen molar-refractivity contribution in [1.82, 2.24) is 0 Å². The summed E-state index contributed by atoms with van der Waals surface area (Å²) in [5.41, 5.74) is 1.28. The number of carbonyl (C=O) groups is 1. The highest BCUT2D eigenvalue weighted by molar-refractivity contribution is 5.94. The molecule has 1 N–H and O–H groups in total. The quantitative estimate of drug-likeness (QED) is 0.905. The van der Waals surface area contributed by atoms with Gasteiger partial charge in [0.15, 0.2) is 6.10 Å². The zero-order valence-corrected chi connectivity index (χ0v) is 12.1. The molecule has 0 aliphatic heterocycles. The van der Waals surface area contributed by atoms with Gasteiger partial charge in [0.05, 0.1) is 5.69 Å². The molecule has 1 amide bonds. The first-order valence-corrected chi connectivity index (χ1v) is 6.89. The van der Waals surface area contributed by atoms with E-state index >= 15 is 0 Å². The number of aryl methyl sites for hydroxylation is 1. The van der Waals surface area contributed by atoms with Gasteiger partial charge in [0.2, 0.25) is 0 Å². The van der Waals surface area contributed by atoms with Crippen LogP contribution >= 0.6 is 0 Å². The molecule has 3 nitrogen and oxygen atoms in total. The van der Waals surface area contributed by atoms with Crippen molar-refractivity contribution >= 4 is 11.6 Å². The molecular formula is C17H18FNO2. The average molecular weight is 287 g/mol. The lowest BCUT2D eigenvalue weighted by Crippen LogP contribution is -2.32. The monoisotopic (exact) mass is 287 g/mol. The molecule has 4 heteroatoms. The first-order valence-electron chi connectivity index (χ1n) is 6.89. The molecule has 0 aliphatic rings. The maximum absolute atomic E-state index is 13.5. The molecular weight excluding hydrogens is 269 g/mol. The van der Waals surface area contributed by atoms with Gasteiger partial charge in [-0.2, -0.15) is 0 Å². The van der Waals surface area contributed by atoms with Crippen molar-refractivity contribution in [3.8, 4) is 5.75 Å². The van der Waals surface area contributed by atoms with E-state index in [9.17, 15) is 9.18 Å². The van der Waals surface area contributed by atoms with E-state index in [0.29, 0.717) is 12.2 Å². The molecule has 21 heavy (non-hydrogen) atoms. The fourth-order valence-electron chi connectivity index (χ4n) is 1.88. The lowest BCUT2D eigenvalue weighted by atomic mass is 10.2. The second-order valence-corrected chi connectivity index (χ2v) is 4.80. The van der Waals surface area contributed by atoms with Crippen LogP contribution in [0.15, 0.2) is 48.5 Å². The summed E-state index contributed by atoms with van der Waals surface area (Å²) in [6.45, 7) is 3.83. The van der Waals surface area contributed by atoms with Gasteiger partial charge in [0.25, 0.3) is 5.91 Å². The number of nitrogens with one attached hydrogen (secondary N) is 1. The lowest BCUT2D eigenvalue weighted by Gasteiger charge is -2.17. The van der Waals surface area contributed by atoms with Crippen LogP contribution in [0.3, 0.4) is 0 Å². The molecule has 0 saturated carbocycles.